The minimum atomic E-state index is -0.160. The number of hydrogen-bond acceptors (Lipinski definition) is 4. The Hall–Kier alpha value is -2.86. The van der Waals surface area contributed by atoms with Gasteiger partial charge in [0.2, 0.25) is 0 Å². The molecule has 27 heavy (non-hydrogen) atoms. The van der Waals surface area contributed by atoms with Gasteiger partial charge in [-0.25, -0.2) is 0 Å². The van der Waals surface area contributed by atoms with Crippen LogP contribution in [-0.2, 0) is 0 Å². The predicted molar refractivity (Wildman–Crippen MR) is 103 cm³/mol. The van der Waals surface area contributed by atoms with Crippen LogP contribution in [0.2, 0.25) is 0 Å². The van der Waals surface area contributed by atoms with Crippen LogP contribution in [0.5, 0.6) is 5.75 Å². The molecule has 0 saturated carbocycles. The van der Waals surface area contributed by atoms with Crippen molar-refractivity contribution >= 4 is 17.5 Å². The quantitative estimate of drug-likeness (QED) is 0.792. The van der Waals surface area contributed by atoms with Gasteiger partial charge in [0.05, 0.1) is 57.5 Å². The molecule has 2 heterocycles. The molecule has 0 radical (unpaired) electrons. The van der Waals surface area contributed by atoms with Crippen LogP contribution < -0.4 is 14.5 Å². The number of nitrogens with one attached hydrogen (secondary N) is 1. The van der Waals surface area contributed by atoms with Gasteiger partial charge in [-0.1, -0.05) is 12.1 Å². The summed E-state index contributed by atoms with van der Waals surface area (Å²) in [4.78, 5) is 30.1. The SMILES string of the molecule is COc1ccc(N2CC[NH+](CCN3C(=O)c4ccccc4C3=O)CC2)cc1. The smallest absolute Gasteiger partial charge is 0.261 e. The fourth-order valence-electron chi connectivity index (χ4n) is 3.84. The van der Waals surface area contributed by atoms with Crippen molar-refractivity contribution < 1.29 is 19.2 Å². The number of anilines is 1. The van der Waals surface area contributed by atoms with Crippen LogP contribution in [0, 0.1) is 0 Å². The number of ether oxygens (including phenoxy) is 1. The van der Waals surface area contributed by atoms with E-state index < -0.39 is 0 Å². The number of nitrogens with zero attached hydrogens (tertiary/aromatic N) is 2. The maximum atomic E-state index is 12.4. The summed E-state index contributed by atoms with van der Waals surface area (Å²) in [5.41, 5.74) is 2.26. The Morgan fingerprint density at radius 1 is 0.926 bits per heavy atom. The van der Waals surface area contributed by atoms with Crippen molar-refractivity contribution in [1.82, 2.24) is 4.90 Å². The van der Waals surface area contributed by atoms with E-state index in [9.17, 15) is 9.59 Å². The van der Waals surface area contributed by atoms with Crippen molar-refractivity contribution in [2.75, 3.05) is 51.3 Å². The van der Waals surface area contributed by atoms with Crippen LogP contribution in [0.25, 0.3) is 0 Å². The number of amides is 2. The lowest BCUT2D eigenvalue weighted by molar-refractivity contribution is -0.899. The van der Waals surface area contributed by atoms with Crippen LogP contribution in [0.15, 0.2) is 48.5 Å². The van der Waals surface area contributed by atoms with Crippen molar-refractivity contribution in [2.24, 2.45) is 0 Å². The van der Waals surface area contributed by atoms with Gasteiger partial charge in [-0.2, -0.15) is 0 Å². The predicted octanol–water partition coefficient (Wildman–Crippen LogP) is 0.696. The molecule has 0 bridgehead atoms. The van der Waals surface area contributed by atoms with Gasteiger partial charge in [0.25, 0.3) is 11.8 Å². The highest BCUT2D eigenvalue weighted by molar-refractivity contribution is 6.21. The summed E-state index contributed by atoms with van der Waals surface area (Å²) >= 11 is 0. The number of carbonyl (C=O) groups is 2. The molecule has 2 aromatic rings. The van der Waals surface area contributed by atoms with Crippen LogP contribution in [0.4, 0.5) is 5.69 Å². The zero-order valence-electron chi connectivity index (χ0n) is 15.5. The normalized spacial score (nSPS) is 17.4. The zero-order chi connectivity index (χ0) is 18.8. The molecule has 4 rings (SSSR count). The first-order chi connectivity index (χ1) is 13.2. The van der Waals surface area contributed by atoms with Gasteiger partial charge in [0.15, 0.2) is 0 Å². The van der Waals surface area contributed by atoms with Crippen LogP contribution in [-0.4, -0.2) is 63.1 Å². The average Bonchev–Trinajstić information content (AvgIpc) is 2.97. The Kier molecular flexibility index (Phi) is 4.81. The third-order valence-electron chi connectivity index (χ3n) is 5.48. The topological polar surface area (TPSA) is 54.3 Å². The van der Waals surface area contributed by atoms with Gasteiger partial charge in [0, 0.05) is 5.69 Å². The maximum Gasteiger partial charge on any atom is 0.261 e. The molecule has 1 saturated heterocycles. The minimum absolute atomic E-state index is 0.160. The van der Waals surface area contributed by atoms with Crippen LogP contribution >= 0.6 is 0 Å². The lowest BCUT2D eigenvalue weighted by Gasteiger charge is -2.34. The lowest BCUT2D eigenvalue weighted by atomic mass is 10.1. The molecule has 0 aliphatic carbocycles. The van der Waals surface area contributed by atoms with Crippen molar-refractivity contribution in [3.63, 3.8) is 0 Å². The number of piperazine rings is 1. The maximum absolute atomic E-state index is 12.4. The van der Waals surface area contributed by atoms with Gasteiger partial charge in [-0.3, -0.25) is 14.5 Å². The summed E-state index contributed by atoms with van der Waals surface area (Å²) < 4.78 is 5.21. The van der Waals surface area contributed by atoms with Gasteiger partial charge in [0.1, 0.15) is 5.75 Å². The first kappa shape index (κ1) is 17.5. The van der Waals surface area contributed by atoms with Crippen molar-refractivity contribution in [2.45, 2.75) is 0 Å². The van der Waals surface area contributed by atoms with E-state index in [2.05, 4.69) is 17.0 Å². The number of quaternary nitrogens is 1. The molecule has 0 unspecified atom stereocenters. The Labute approximate surface area is 158 Å². The lowest BCUT2D eigenvalue weighted by Crippen LogP contribution is -3.15. The Balaban J connectivity index is 1.30. The number of fused-ring (bicyclic) bond motifs is 1. The highest BCUT2D eigenvalue weighted by atomic mass is 16.5. The molecule has 1 fully saturated rings. The highest BCUT2D eigenvalue weighted by Gasteiger charge is 2.35. The fraction of sp³-hybridized carbons (Fsp3) is 0.333. The van der Waals surface area contributed by atoms with Crippen molar-refractivity contribution in [3.8, 4) is 5.75 Å². The van der Waals surface area contributed by atoms with Gasteiger partial charge in [-0.05, 0) is 36.4 Å². The van der Waals surface area contributed by atoms with E-state index in [-0.39, 0.29) is 11.8 Å². The van der Waals surface area contributed by atoms with E-state index in [4.69, 9.17) is 4.74 Å². The van der Waals surface area contributed by atoms with E-state index in [1.807, 2.05) is 12.1 Å². The zero-order valence-corrected chi connectivity index (χ0v) is 15.5. The molecule has 6 heteroatoms. The largest absolute Gasteiger partial charge is 0.497 e. The van der Waals surface area contributed by atoms with E-state index in [1.165, 1.54) is 15.5 Å². The number of rotatable bonds is 5. The molecule has 0 spiro atoms. The second-order valence-electron chi connectivity index (χ2n) is 6.99. The van der Waals surface area contributed by atoms with Crippen molar-refractivity contribution in [3.05, 3.63) is 59.7 Å². The molecule has 0 aromatic heterocycles. The summed E-state index contributed by atoms with van der Waals surface area (Å²) in [6.07, 6.45) is 0. The number of methoxy groups -OCH3 is 1. The Morgan fingerprint density at radius 3 is 2.07 bits per heavy atom. The molecular formula is C21H24N3O3+. The third kappa shape index (κ3) is 3.40. The molecular weight excluding hydrogens is 342 g/mol. The first-order valence-corrected chi connectivity index (χ1v) is 9.35. The second kappa shape index (κ2) is 7.40. The summed E-state index contributed by atoms with van der Waals surface area (Å²) in [6.45, 7) is 5.18. The van der Waals surface area contributed by atoms with E-state index in [1.54, 1.807) is 31.4 Å². The molecule has 140 valence electrons. The summed E-state index contributed by atoms with van der Waals surface area (Å²) in [5, 5.41) is 0. The van der Waals surface area contributed by atoms with Gasteiger partial charge < -0.3 is 14.5 Å². The van der Waals surface area contributed by atoms with Gasteiger partial charge in [-0.15, -0.1) is 0 Å². The highest BCUT2D eigenvalue weighted by Crippen LogP contribution is 2.22. The number of carbonyl (C=O) groups excluding carboxylic acids is 2. The van der Waals surface area contributed by atoms with Crippen molar-refractivity contribution in [1.29, 1.82) is 0 Å². The Bertz CT molecular complexity index is 807. The number of imide groups is 1. The van der Waals surface area contributed by atoms with Crippen LogP contribution in [0.1, 0.15) is 20.7 Å². The summed E-state index contributed by atoms with van der Waals surface area (Å²) in [6, 6.07) is 15.2. The number of hydrogen-bond donors (Lipinski definition) is 1. The minimum Gasteiger partial charge on any atom is -0.497 e. The fourth-order valence-corrected chi connectivity index (χ4v) is 3.84. The molecule has 1 N–H and O–H groups in total. The molecule has 0 atom stereocenters. The Morgan fingerprint density at radius 2 is 1.52 bits per heavy atom. The third-order valence-corrected chi connectivity index (χ3v) is 5.48. The van der Waals surface area contributed by atoms with E-state index in [0.717, 1.165) is 38.5 Å². The molecule has 6 nitrogen and oxygen atoms in total. The standard InChI is InChI=1S/C21H23N3O3/c1-27-17-8-6-16(7-9-17)23-13-10-22(11-14-23)12-15-24-20(25)18-4-2-3-5-19(18)21(24)26/h2-9H,10-15H2,1H3/p+1. The molecule has 2 aliphatic rings. The molecule has 2 amide bonds. The average molecular weight is 366 g/mol. The van der Waals surface area contributed by atoms with Crippen LogP contribution in [0.3, 0.4) is 0 Å². The first-order valence-electron chi connectivity index (χ1n) is 9.35. The summed E-state index contributed by atoms with van der Waals surface area (Å²) in [7, 11) is 1.67. The monoisotopic (exact) mass is 366 g/mol. The number of benzene rings is 2. The molecule has 2 aliphatic heterocycles. The van der Waals surface area contributed by atoms with E-state index in [0.29, 0.717) is 17.7 Å². The molecule has 2 aromatic carbocycles. The summed E-state index contributed by atoms with van der Waals surface area (Å²) in [5.74, 6) is 0.544. The van der Waals surface area contributed by atoms with E-state index >= 15 is 0 Å². The van der Waals surface area contributed by atoms with Gasteiger partial charge >= 0.3 is 0 Å². The second-order valence-corrected chi connectivity index (χ2v) is 6.99.